The van der Waals surface area contributed by atoms with Crippen molar-refractivity contribution < 1.29 is 0 Å². The van der Waals surface area contributed by atoms with Crippen LogP contribution in [0, 0.1) is 0 Å². The Kier molecular flexibility index (Phi) is 3.98. The van der Waals surface area contributed by atoms with Gasteiger partial charge in [-0.3, -0.25) is 4.68 Å². The minimum absolute atomic E-state index is 0.582. The monoisotopic (exact) mass is 195 g/mol. The average Bonchev–Trinajstić information content (AvgIpc) is 2.48. The van der Waals surface area contributed by atoms with Crippen LogP contribution >= 0.6 is 0 Å². The van der Waals surface area contributed by atoms with Crippen molar-refractivity contribution in [3.63, 3.8) is 0 Å². The maximum atomic E-state index is 5.76. The van der Waals surface area contributed by atoms with Gasteiger partial charge in [0.2, 0.25) is 0 Å². The first-order chi connectivity index (χ1) is 6.69. The van der Waals surface area contributed by atoms with E-state index in [1.165, 1.54) is 19.3 Å². The summed E-state index contributed by atoms with van der Waals surface area (Å²) in [5.41, 5.74) is 6.92. The molecule has 0 spiro atoms. The van der Waals surface area contributed by atoms with Crippen LogP contribution in [-0.4, -0.2) is 9.78 Å². The first-order valence-corrected chi connectivity index (χ1v) is 5.48. The summed E-state index contributed by atoms with van der Waals surface area (Å²) in [6.07, 6.45) is 4.90. The normalized spacial score (nSPS) is 13.1. The van der Waals surface area contributed by atoms with E-state index in [2.05, 4.69) is 18.9 Å². The van der Waals surface area contributed by atoms with Gasteiger partial charge in [0.05, 0.1) is 5.69 Å². The predicted molar refractivity (Wildman–Crippen MR) is 60.2 cm³/mol. The molecule has 80 valence electrons. The molecule has 3 nitrogen and oxygen atoms in total. The maximum absolute atomic E-state index is 5.76. The molecule has 0 aromatic carbocycles. The minimum atomic E-state index is 0.582. The zero-order chi connectivity index (χ0) is 10.6. The fourth-order valence-corrected chi connectivity index (χ4v) is 1.72. The van der Waals surface area contributed by atoms with Crippen molar-refractivity contribution in [2.24, 2.45) is 7.05 Å². The van der Waals surface area contributed by atoms with Gasteiger partial charge in [-0.05, 0) is 12.8 Å². The van der Waals surface area contributed by atoms with E-state index in [-0.39, 0.29) is 0 Å². The Balaban J connectivity index is 2.68. The smallest absolute Gasteiger partial charge is 0.121 e. The Morgan fingerprint density at radius 2 is 2.21 bits per heavy atom. The second-order valence-electron chi connectivity index (χ2n) is 3.87. The van der Waals surface area contributed by atoms with Crippen LogP contribution in [0.25, 0.3) is 0 Å². The molecule has 14 heavy (non-hydrogen) atoms. The molecule has 1 aromatic heterocycles. The number of hydrogen-bond donors (Lipinski definition) is 1. The highest BCUT2D eigenvalue weighted by atomic mass is 15.3. The van der Waals surface area contributed by atoms with E-state index in [0.717, 1.165) is 17.9 Å². The number of aryl methyl sites for hydroxylation is 1. The number of nitrogens with two attached hydrogens (primary N) is 1. The summed E-state index contributed by atoms with van der Waals surface area (Å²) in [4.78, 5) is 0. The second kappa shape index (κ2) is 5.03. The molecule has 0 fully saturated rings. The number of hydrogen-bond acceptors (Lipinski definition) is 2. The van der Waals surface area contributed by atoms with E-state index in [1.54, 1.807) is 4.68 Å². The molecule has 3 heteroatoms. The molecule has 0 aliphatic rings. The highest BCUT2D eigenvalue weighted by molar-refractivity contribution is 5.31. The molecule has 1 unspecified atom stereocenters. The zero-order valence-corrected chi connectivity index (χ0v) is 9.45. The van der Waals surface area contributed by atoms with Crippen molar-refractivity contribution in [2.45, 2.75) is 45.4 Å². The Morgan fingerprint density at radius 3 is 2.64 bits per heavy atom. The number of rotatable bonds is 5. The SMILES string of the molecule is CCCCC(CC)c1cc(N)n(C)n1. The molecule has 0 saturated heterocycles. The number of unbranched alkanes of at least 4 members (excludes halogenated alkanes) is 1. The van der Waals surface area contributed by atoms with Gasteiger partial charge in [0, 0.05) is 19.0 Å². The number of aromatic nitrogens is 2. The lowest BCUT2D eigenvalue weighted by Crippen LogP contribution is -2.00. The minimum Gasteiger partial charge on any atom is -0.384 e. The topological polar surface area (TPSA) is 43.8 Å². The van der Waals surface area contributed by atoms with Gasteiger partial charge in [0.25, 0.3) is 0 Å². The van der Waals surface area contributed by atoms with Crippen molar-refractivity contribution in [3.8, 4) is 0 Å². The lowest BCUT2D eigenvalue weighted by molar-refractivity contribution is 0.548. The summed E-state index contributed by atoms with van der Waals surface area (Å²) >= 11 is 0. The van der Waals surface area contributed by atoms with Gasteiger partial charge < -0.3 is 5.73 Å². The number of nitrogens with zero attached hydrogens (tertiary/aromatic N) is 2. The van der Waals surface area contributed by atoms with Crippen molar-refractivity contribution in [1.29, 1.82) is 0 Å². The van der Waals surface area contributed by atoms with Crippen LogP contribution in [0.5, 0.6) is 0 Å². The second-order valence-corrected chi connectivity index (χ2v) is 3.87. The van der Waals surface area contributed by atoms with Gasteiger partial charge in [-0.2, -0.15) is 5.10 Å². The molecule has 1 rings (SSSR count). The average molecular weight is 195 g/mol. The molecule has 0 saturated carbocycles. The third kappa shape index (κ3) is 2.50. The quantitative estimate of drug-likeness (QED) is 0.785. The third-order valence-corrected chi connectivity index (χ3v) is 2.75. The molecule has 2 N–H and O–H groups in total. The van der Waals surface area contributed by atoms with E-state index in [4.69, 9.17) is 5.73 Å². The van der Waals surface area contributed by atoms with E-state index in [1.807, 2.05) is 13.1 Å². The fraction of sp³-hybridized carbons (Fsp3) is 0.727. The van der Waals surface area contributed by atoms with E-state index in [0.29, 0.717) is 5.92 Å². The Bertz CT molecular complexity index is 259. The van der Waals surface area contributed by atoms with Crippen molar-refractivity contribution in [1.82, 2.24) is 9.78 Å². The molecule has 0 aliphatic carbocycles. The van der Waals surface area contributed by atoms with Crippen LogP contribution in [0.4, 0.5) is 5.82 Å². The molecular weight excluding hydrogens is 174 g/mol. The number of anilines is 1. The molecular formula is C11H21N3. The zero-order valence-electron chi connectivity index (χ0n) is 9.45. The Morgan fingerprint density at radius 1 is 1.50 bits per heavy atom. The highest BCUT2D eigenvalue weighted by Crippen LogP contribution is 2.25. The standard InChI is InChI=1S/C11H21N3/c1-4-6-7-9(5-2)10-8-11(12)14(3)13-10/h8-9H,4-7,12H2,1-3H3. The van der Waals surface area contributed by atoms with Gasteiger partial charge >= 0.3 is 0 Å². The summed E-state index contributed by atoms with van der Waals surface area (Å²) in [7, 11) is 1.89. The Hall–Kier alpha value is -0.990. The first kappa shape index (κ1) is 11.1. The molecule has 0 amide bonds. The van der Waals surface area contributed by atoms with Crippen LogP contribution in [0.3, 0.4) is 0 Å². The van der Waals surface area contributed by atoms with Crippen LogP contribution in [0.2, 0.25) is 0 Å². The molecule has 0 radical (unpaired) electrons. The van der Waals surface area contributed by atoms with Gasteiger partial charge in [-0.1, -0.05) is 26.7 Å². The molecule has 1 atom stereocenters. The van der Waals surface area contributed by atoms with E-state index < -0.39 is 0 Å². The highest BCUT2D eigenvalue weighted by Gasteiger charge is 2.12. The summed E-state index contributed by atoms with van der Waals surface area (Å²) in [6.45, 7) is 4.44. The first-order valence-electron chi connectivity index (χ1n) is 5.48. The van der Waals surface area contributed by atoms with Crippen LogP contribution in [0.15, 0.2) is 6.07 Å². The Labute approximate surface area is 86.3 Å². The lowest BCUT2D eigenvalue weighted by Gasteiger charge is -2.10. The van der Waals surface area contributed by atoms with Crippen molar-refractivity contribution in [3.05, 3.63) is 11.8 Å². The van der Waals surface area contributed by atoms with Crippen LogP contribution in [-0.2, 0) is 7.05 Å². The fourth-order valence-electron chi connectivity index (χ4n) is 1.72. The van der Waals surface area contributed by atoms with Gasteiger partial charge in [-0.25, -0.2) is 0 Å². The van der Waals surface area contributed by atoms with Gasteiger partial charge in [0.15, 0.2) is 0 Å². The largest absolute Gasteiger partial charge is 0.384 e. The molecule has 0 aliphatic heterocycles. The molecule has 1 heterocycles. The van der Waals surface area contributed by atoms with Gasteiger partial charge in [0.1, 0.15) is 5.82 Å². The van der Waals surface area contributed by atoms with Crippen molar-refractivity contribution in [2.75, 3.05) is 5.73 Å². The lowest BCUT2D eigenvalue weighted by atomic mass is 9.96. The predicted octanol–water partition coefficient (Wildman–Crippen LogP) is 2.69. The van der Waals surface area contributed by atoms with Crippen LogP contribution in [0.1, 0.15) is 51.1 Å². The summed E-state index contributed by atoms with van der Waals surface area (Å²) in [6, 6.07) is 2.00. The maximum Gasteiger partial charge on any atom is 0.121 e. The summed E-state index contributed by atoms with van der Waals surface area (Å²) in [5, 5.41) is 4.43. The molecule has 1 aromatic rings. The van der Waals surface area contributed by atoms with E-state index in [9.17, 15) is 0 Å². The summed E-state index contributed by atoms with van der Waals surface area (Å²) in [5.74, 6) is 1.34. The van der Waals surface area contributed by atoms with Crippen LogP contribution < -0.4 is 5.73 Å². The van der Waals surface area contributed by atoms with E-state index >= 15 is 0 Å². The number of nitrogen functional groups attached to an aromatic ring is 1. The molecule has 0 bridgehead atoms. The van der Waals surface area contributed by atoms with Crippen molar-refractivity contribution >= 4 is 5.82 Å². The third-order valence-electron chi connectivity index (χ3n) is 2.75. The summed E-state index contributed by atoms with van der Waals surface area (Å²) < 4.78 is 1.75. The van der Waals surface area contributed by atoms with Gasteiger partial charge in [-0.15, -0.1) is 0 Å².